The number of benzene rings is 3. The first kappa shape index (κ1) is 19.4. The summed E-state index contributed by atoms with van der Waals surface area (Å²) in [4.78, 5) is 24.0. The van der Waals surface area contributed by atoms with Crippen LogP contribution in [0.3, 0.4) is 0 Å². The van der Waals surface area contributed by atoms with Gasteiger partial charge in [0.15, 0.2) is 5.78 Å². The van der Waals surface area contributed by atoms with Gasteiger partial charge in [-0.05, 0) is 61.6 Å². The maximum atomic E-state index is 12.5. The number of hydrogen-bond donors (Lipinski definition) is 2. The molecule has 0 radical (unpaired) electrons. The number of phenols is 1. The van der Waals surface area contributed by atoms with Crippen LogP contribution < -0.4 is 5.32 Å². The molecule has 0 atom stereocenters. The van der Waals surface area contributed by atoms with E-state index >= 15 is 0 Å². The molecule has 142 valence electrons. The molecule has 1 amide bonds. The van der Waals surface area contributed by atoms with E-state index in [4.69, 9.17) is 0 Å². The highest BCUT2D eigenvalue weighted by molar-refractivity contribution is 6.06. The molecular weight excluding hydrogens is 350 g/mol. The molecule has 3 rings (SSSR count). The summed E-state index contributed by atoms with van der Waals surface area (Å²) >= 11 is 0. The van der Waals surface area contributed by atoms with E-state index in [-0.39, 0.29) is 28.7 Å². The van der Waals surface area contributed by atoms with E-state index in [1.165, 1.54) is 24.1 Å². The molecule has 4 nitrogen and oxygen atoms in total. The van der Waals surface area contributed by atoms with Crippen molar-refractivity contribution in [1.82, 2.24) is 0 Å². The zero-order chi connectivity index (χ0) is 19.9. The van der Waals surface area contributed by atoms with Gasteiger partial charge in [-0.2, -0.15) is 0 Å². The Balaban J connectivity index is 1.59. The number of hydrogen-bond acceptors (Lipinski definition) is 3. The second-order valence-electron chi connectivity index (χ2n) is 6.75. The molecule has 0 saturated carbocycles. The Kier molecular flexibility index (Phi) is 6.22. The first-order valence-corrected chi connectivity index (χ1v) is 9.32. The monoisotopic (exact) mass is 373 g/mol. The molecule has 4 heteroatoms. The number of phenolic OH excluding ortho intramolecular Hbond substituents is 1. The topological polar surface area (TPSA) is 66.4 Å². The molecule has 0 saturated heterocycles. The van der Waals surface area contributed by atoms with Crippen LogP contribution in [0.25, 0.3) is 0 Å². The van der Waals surface area contributed by atoms with Crippen LogP contribution in [0.2, 0.25) is 0 Å². The minimum atomic E-state index is -0.327. The number of aryl methyl sites for hydroxylation is 2. The van der Waals surface area contributed by atoms with Crippen LogP contribution in [0, 0.1) is 0 Å². The minimum Gasteiger partial charge on any atom is -0.505 e. The third kappa shape index (κ3) is 4.86. The number of para-hydroxylation sites is 1. The van der Waals surface area contributed by atoms with Gasteiger partial charge in [-0.1, -0.05) is 48.5 Å². The number of carbonyl (C=O) groups is 2. The predicted octanol–water partition coefficient (Wildman–Crippen LogP) is 5.02. The van der Waals surface area contributed by atoms with Crippen LogP contribution in [0.5, 0.6) is 5.75 Å². The van der Waals surface area contributed by atoms with Crippen molar-refractivity contribution in [2.24, 2.45) is 0 Å². The lowest BCUT2D eigenvalue weighted by Gasteiger charge is -2.10. The Morgan fingerprint density at radius 3 is 2.11 bits per heavy atom. The van der Waals surface area contributed by atoms with E-state index in [1.54, 1.807) is 24.3 Å². The van der Waals surface area contributed by atoms with Crippen LogP contribution >= 0.6 is 0 Å². The third-order valence-corrected chi connectivity index (χ3v) is 4.65. The average molecular weight is 373 g/mol. The smallest absolute Gasteiger partial charge is 0.255 e. The first-order chi connectivity index (χ1) is 13.5. The maximum Gasteiger partial charge on any atom is 0.255 e. The second kappa shape index (κ2) is 9.00. The molecule has 0 fully saturated rings. The fourth-order valence-electron chi connectivity index (χ4n) is 3.09. The highest BCUT2D eigenvalue weighted by atomic mass is 16.3. The molecular formula is C24H23NO3. The Hall–Kier alpha value is -3.40. The molecule has 0 aliphatic carbocycles. The normalized spacial score (nSPS) is 10.5. The van der Waals surface area contributed by atoms with Crippen LogP contribution in [0.1, 0.15) is 45.2 Å². The molecule has 28 heavy (non-hydrogen) atoms. The molecule has 3 aromatic rings. The van der Waals surface area contributed by atoms with Gasteiger partial charge in [0.1, 0.15) is 5.75 Å². The van der Waals surface area contributed by atoms with Crippen molar-refractivity contribution in [2.45, 2.75) is 26.2 Å². The van der Waals surface area contributed by atoms with Gasteiger partial charge in [-0.3, -0.25) is 9.59 Å². The summed E-state index contributed by atoms with van der Waals surface area (Å²) in [7, 11) is 0. The standard InChI is InChI=1S/C24H23NO3/c1-17(26)21-11-6-12-22(23(21)27)25-24(28)20-15-13-19(14-16-20)10-5-9-18-7-3-2-4-8-18/h2-4,6-8,11-16,27H,5,9-10H2,1H3,(H,25,28). The molecule has 0 aliphatic heterocycles. The van der Waals surface area contributed by atoms with Crippen molar-refractivity contribution < 1.29 is 14.7 Å². The second-order valence-corrected chi connectivity index (χ2v) is 6.75. The number of ketones is 1. The number of anilines is 1. The van der Waals surface area contributed by atoms with E-state index in [0.29, 0.717) is 5.56 Å². The summed E-state index contributed by atoms with van der Waals surface area (Å²) in [6.07, 6.45) is 3.01. The summed E-state index contributed by atoms with van der Waals surface area (Å²) in [6.45, 7) is 1.37. The van der Waals surface area contributed by atoms with Crippen LogP contribution in [0.15, 0.2) is 72.8 Å². The lowest BCUT2D eigenvalue weighted by Crippen LogP contribution is -2.12. The average Bonchev–Trinajstić information content (AvgIpc) is 2.70. The molecule has 0 aromatic heterocycles. The fraction of sp³-hybridized carbons (Fsp3) is 0.167. The molecule has 0 bridgehead atoms. The number of aromatic hydroxyl groups is 1. The highest BCUT2D eigenvalue weighted by Gasteiger charge is 2.13. The van der Waals surface area contributed by atoms with E-state index in [2.05, 4.69) is 17.4 Å². The van der Waals surface area contributed by atoms with Gasteiger partial charge < -0.3 is 10.4 Å². The Morgan fingerprint density at radius 1 is 0.821 bits per heavy atom. The highest BCUT2D eigenvalue weighted by Crippen LogP contribution is 2.28. The van der Waals surface area contributed by atoms with Crippen molar-refractivity contribution in [2.75, 3.05) is 5.32 Å². The lowest BCUT2D eigenvalue weighted by molar-refractivity contribution is 0.100. The number of amides is 1. The van der Waals surface area contributed by atoms with Gasteiger partial charge in [0.2, 0.25) is 0 Å². The van der Waals surface area contributed by atoms with E-state index in [0.717, 1.165) is 19.3 Å². The van der Waals surface area contributed by atoms with E-state index < -0.39 is 0 Å². The zero-order valence-electron chi connectivity index (χ0n) is 15.8. The quantitative estimate of drug-likeness (QED) is 0.451. The Bertz CT molecular complexity index is 963. The number of rotatable bonds is 7. The number of nitrogens with one attached hydrogen (secondary N) is 1. The van der Waals surface area contributed by atoms with Crippen molar-refractivity contribution in [3.8, 4) is 5.75 Å². The van der Waals surface area contributed by atoms with Crippen LogP contribution in [-0.2, 0) is 12.8 Å². The maximum absolute atomic E-state index is 12.5. The van der Waals surface area contributed by atoms with Crippen LogP contribution in [0.4, 0.5) is 5.69 Å². The van der Waals surface area contributed by atoms with Crippen molar-refractivity contribution >= 4 is 17.4 Å². The van der Waals surface area contributed by atoms with Gasteiger partial charge in [0, 0.05) is 5.56 Å². The Morgan fingerprint density at radius 2 is 1.46 bits per heavy atom. The van der Waals surface area contributed by atoms with E-state index in [1.807, 2.05) is 30.3 Å². The number of carbonyl (C=O) groups excluding carboxylic acids is 2. The van der Waals surface area contributed by atoms with Crippen LogP contribution in [-0.4, -0.2) is 16.8 Å². The fourth-order valence-corrected chi connectivity index (χ4v) is 3.09. The van der Waals surface area contributed by atoms with Gasteiger partial charge in [0.05, 0.1) is 11.3 Å². The van der Waals surface area contributed by atoms with Gasteiger partial charge >= 0.3 is 0 Å². The van der Waals surface area contributed by atoms with Crippen molar-refractivity contribution in [3.05, 3.63) is 95.1 Å². The zero-order valence-corrected chi connectivity index (χ0v) is 15.8. The largest absolute Gasteiger partial charge is 0.505 e. The van der Waals surface area contributed by atoms with E-state index in [9.17, 15) is 14.7 Å². The SMILES string of the molecule is CC(=O)c1cccc(NC(=O)c2ccc(CCCc3ccccc3)cc2)c1O. The molecule has 0 unspecified atom stereocenters. The lowest BCUT2D eigenvalue weighted by atomic mass is 10.0. The summed E-state index contributed by atoms with van der Waals surface area (Å²) < 4.78 is 0. The third-order valence-electron chi connectivity index (χ3n) is 4.65. The molecule has 0 aliphatic rings. The first-order valence-electron chi connectivity index (χ1n) is 9.32. The molecule has 0 spiro atoms. The summed E-state index contributed by atoms with van der Waals surface area (Å²) in [5, 5.41) is 12.8. The summed E-state index contributed by atoms with van der Waals surface area (Å²) in [6, 6.07) is 22.5. The minimum absolute atomic E-state index is 0.187. The molecule has 3 aromatic carbocycles. The summed E-state index contributed by atoms with van der Waals surface area (Å²) in [5.41, 5.74) is 3.41. The molecule has 0 heterocycles. The van der Waals surface area contributed by atoms with Crippen molar-refractivity contribution in [1.29, 1.82) is 0 Å². The Labute approximate surface area is 164 Å². The summed E-state index contributed by atoms with van der Waals surface area (Å²) in [5.74, 6) is -0.791. The van der Waals surface area contributed by atoms with Gasteiger partial charge in [-0.25, -0.2) is 0 Å². The van der Waals surface area contributed by atoms with Gasteiger partial charge in [-0.15, -0.1) is 0 Å². The van der Waals surface area contributed by atoms with Crippen molar-refractivity contribution in [3.63, 3.8) is 0 Å². The predicted molar refractivity (Wildman–Crippen MR) is 111 cm³/mol. The number of Topliss-reactive ketones (excluding diaryl/α,β-unsaturated/α-hetero) is 1. The van der Waals surface area contributed by atoms with Gasteiger partial charge in [0.25, 0.3) is 5.91 Å². The molecule has 2 N–H and O–H groups in total.